The number of carbonyl (C=O) groups excluding carboxylic acids is 1. The normalized spacial score (nSPS) is 14.2. The highest BCUT2D eigenvalue weighted by Gasteiger charge is 2.19. The SMILES string of the molecule is Nc1ncccc1-c1nc2cccnc2n1-c1ccc(CC(=O)NC2CCCC2)cc1. The lowest BCUT2D eigenvalue weighted by Gasteiger charge is -2.13. The van der Waals surface area contributed by atoms with Gasteiger partial charge in [0.05, 0.1) is 12.0 Å². The van der Waals surface area contributed by atoms with Crippen LogP contribution in [0.1, 0.15) is 31.2 Å². The molecule has 7 heteroatoms. The molecule has 31 heavy (non-hydrogen) atoms. The number of hydrogen-bond donors (Lipinski definition) is 2. The molecule has 1 aliphatic rings. The van der Waals surface area contributed by atoms with Crippen LogP contribution in [0.4, 0.5) is 5.82 Å². The van der Waals surface area contributed by atoms with Gasteiger partial charge in [0.1, 0.15) is 11.3 Å². The van der Waals surface area contributed by atoms with E-state index in [1.54, 1.807) is 12.4 Å². The van der Waals surface area contributed by atoms with Crippen LogP contribution in [0.25, 0.3) is 28.2 Å². The van der Waals surface area contributed by atoms with E-state index >= 15 is 0 Å². The number of imidazole rings is 1. The number of pyridine rings is 2. The molecule has 0 bridgehead atoms. The van der Waals surface area contributed by atoms with Crippen molar-refractivity contribution in [2.45, 2.75) is 38.1 Å². The minimum atomic E-state index is 0.0817. The molecule has 3 N–H and O–H groups in total. The van der Waals surface area contributed by atoms with Crippen LogP contribution in [0.3, 0.4) is 0 Å². The van der Waals surface area contributed by atoms with E-state index < -0.39 is 0 Å². The Morgan fingerprint density at radius 3 is 2.55 bits per heavy atom. The molecule has 0 saturated heterocycles. The number of nitrogens with one attached hydrogen (secondary N) is 1. The van der Waals surface area contributed by atoms with Crippen molar-refractivity contribution in [1.82, 2.24) is 24.8 Å². The van der Waals surface area contributed by atoms with E-state index in [0.29, 0.717) is 24.1 Å². The summed E-state index contributed by atoms with van der Waals surface area (Å²) in [6.45, 7) is 0. The number of aromatic nitrogens is 4. The molecule has 1 aliphatic carbocycles. The van der Waals surface area contributed by atoms with Crippen LogP contribution in [-0.2, 0) is 11.2 Å². The number of amides is 1. The first-order chi connectivity index (χ1) is 15.2. The van der Waals surface area contributed by atoms with Crippen LogP contribution in [0, 0.1) is 0 Å². The molecule has 0 atom stereocenters. The molecule has 7 nitrogen and oxygen atoms in total. The summed E-state index contributed by atoms with van der Waals surface area (Å²) in [4.78, 5) is 25.9. The van der Waals surface area contributed by atoms with Gasteiger partial charge >= 0.3 is 0 Å². The van der Waals surface area contributed by atoms with Crippen molar-refractivity contribution >= 4 is 22.9 Å². The Balaban J connectivity index is 1.47. The van der Waals surface area contributed by atoms with Crippen LogP contribution >= 0.6 is 0 Å². The quantitative estimate of drug-likeness (QED) is 0.521. The molecule has 1 saturated carbocycles. The van der Waals surface area contributed by atoms with Gasteiger partial charge in [0.15, 0.2) is 11.5 Å². The Bertz CT molecular complexity index is 1220. The first kappa shape index (κ1) is 19.2. The molecule has 3 aromatic heterocycles. The Hall–Kier alpha value is -3.74. The lowest BCUT2D eigenvalue weighted by Crippen LogP contribution is -2.33. The second-order valence-corrected chi connectivity index (χ2v) is 7.95. The van der Waals surface area contributed by atoms with E-state index in [9.17, 15) is 4.79 Å². The van der Waals surface area contributed by atoms with E-state index in [2.05, 4.69) is 15.3 Å². The number of nitrogens with zero attached hydrogens (tertiary/aromatic N) is 4. The van der Waals surface area contributed by atoms with Crippen molar-refractivity contribution in [3.05, 3.63) is 66.5 Å². The lowest BCUT2D eigenvalue weighted by molar-refractivity contribution is -0.121. The minimum Gasteiger partial charge on any atom is -0.383 e. The summed E-state index contributed by atoms with van der Waals surface area (Å²) in [6.07, 6.45) is 8.38. The zero-order chi connectivity index (χ0) is 21.2. The van der Waals surface area contributed by atoms with Crippen molar-refractivity contribution in [2.75, 3.05) is 5.73 Å². The molecule has 0 unspecified atom stereocenters. The van der Waals surface area contributed by atoms with Gasteiger partial charge in [-0.05, 0) is 54.8 Å². The van der Waals surface area contributed by atoms with Gasteiger partial charge in [-0.3, -0.25) is 9.36 Å². The highest BCUT2D eigenvalue weighted by Crippen LogP contribution is 2.30. The largest absolute Gasteiger partial charge is 0.383 e. The molecule has 0 spiro atoms. The summed E-state index contributed by atoms with van der Waals surface area (Å²) in [5.74, 6) is 1.18. The molecule has 0 radical (unpaired) electrons. The molecular formula is C24H24N6O. The molecule has 0 aliphatic heterocycles. The second kappa shape index (κ2) is 8.18. The number of rotatable bonds is 5. The first-order valence-electron chi connectivity index (χ1n) is 10.6. The summed E-state index contributed by atoms with van der Waals surface area (Å²) in [5, 5.41) is 3.15. The molecule has 156 valence electrons. The zero-order valence-electron chi connectivity index (χ0n) is 17.2. The summed E-state index contributed by atoms with van der Waals surface area (Å²) in [6, 6.07) is 15.8. The van der Waals surface area contributed by atoms with E-state index in [1.807, 2.05) is 53.1 Å². The minimum absolute atomic E-state index is 0.0817. The number of carbonyl (C=O) groups is 1. The van der Waals surface area contributed by atoms with Crippen molar-refractivity contribution in [3.8, 4) is 17.1 Å². The summed E-state index contributed by atoms with van der Waals surface area (Å²) in [5.41, 5.74) is 10.3. The lowest BCUT2D eigenvalue weighted by atomic mass is 10.1. The Morgan fingerprint density at radius 2 is 1.77 bits per heavy atom. The number of hydrogen-bond acceptors (Lipinski definition) is 5. The van der Waals surface area contributed by atoms with Crippen LogP contribution < -0.4 is 11.1 Å². The van der Waals surface area contributed by atoms with Crippen LogP contribution in [-0.4, -0.2) is 31.5 Å². The molecule has 4 aromatic rings. The Kier molecular flexibility index (Phi) is 5.08. The topological polar surface area (TPSA) is 98.7 Å². The van der Waals surface area contributed by atoms with Crippen molar-refractivity contribution < 1.29 is 4.79 Å². The summed E-state index contributed by atoms with van der Waals surface area (Å²) in [7, 11) is 0. The molecule has 1 aromatic carbocycles. The van der Waals surface area contributed by atoms with E-state index in [1.165, 1.54) is 12.8 Å². The zero-order valence-corrected chi connectivity index (χ0v) is 17.2. The fourth-order valence-corrected chi connectivity index (χ4v) is 4.24. The first-order valence-corrected chi connectivity index (χ1v) is 10.6. The van der Waals surface area contributed by atoms with Crippen LogP contribution in [0.5, 0.6) is 0 Å². The number of nitrogen functional groups attached to an aromatic ring is 1. The van der Waals surface area contributed by atoms with E-state index in [0.717, 1.165) is 40.8 Å². The third-order valence-electron chi connectivity index (χ3n) is 5.77. The van der Waals surface area contributed by atoms with Gasteiger partial charge in [-0.25, -0.2) is 15.0 Å². The van der Waals surface area contributed by atoms with Crippen molar-refractivity contribution in [2.24, 2.45) is 0 Å². The molecule has 3 heterocycles. The van der Waals surface area contributed by atoms with Gasteiger partial charge in [-0.1, -0.05) is 25.0 Å². The van der Waals surface area contributed by atoms with Gasteiger partial charge in [0, 0.05) is 24.1 Å². The van der Waals surface area contributed by atoms with Gasteiger partial charge in [-0.15, -0.1) is 0 Å². The highest BCUT2D eigenvalue weighted by molar-refractivity contribution is 5.83. The van der Waals surface area contributed by atoms with Crippen LogP contribution in [0.15, 0.2) is 60.9 Å². The smallest absolute Gasteiger partial charge is 0.224 e. The van der Waals surface area contributed by atoms with Gasteiger partial charge in [0.2, 0.25) is 5.91 Å². The fraction of sp³-hybridized carbons (Fsp3) is 0.250. The molecule has 5 rings (SSSR count). The third kappa shape index (κ3) is 3.86. The third-order valence-corrected chi connectivity index (χ3v) is 5.77. The second-order valence-electron chi connectivity index (χ2n) is 7.95. The summed E-state index contributed by atoms with van der Waals surface area (Å²) >= 11 is 0. The standard InChI is InChI=1S/C24H24N6O/c25-22-19(7-3-13-26-22)23-29-20-8-4-14-27-24(20)30(23)18-11-9-16(10-12-18)15-21(31)28-17-5-1-2-6-17/h3-4,7-14,17H,1-2,5-6,15H2,(H2,25,26)(H,28,31). The Labute approximate surface area is 180 Å². The number of anilines is 1. The maximum atomic E-state index is 12.4. The number of fused-ring (bicyclic) bond motifs is 1. The monoisotopic (exact) mass is 412 g/mol. The average molecular weight is 412 g/mol. The van der Waals surface area contributed by atoms with Gasteiger partial charge < -0.3 is 11.1 Å². The van der Waals surface area contributed by atoms with Crippen molar-refractivity contribution in [3.63, 3.8) is 0 Å². The maximum Gasteiger partial charge on any atom is 0.224 e. The van der Waals surface area contributed by atoms with Gasteiger partial charge in [-0.2, -0.15) is 0 Å². The van der Waals surface area contributed by atoms with E-state index in [-0.39, 0.29) is 5.91 Å². The van der Waals surface area contributed by atoms with Gasteiger partial charge in [0.25, 0.3) is 0 Å². The average Bonchev–Trinajstić information content (AvgIpc) is 3.42. The maximum absolute atomic E-state index is 12.4. The molecule has 1 amide bonds. The molecule has 1 fully saturated rings. The summed E-state index contributed by atoms with van der Waals surface area (Å²) < 4.78 is 1.98. The predicted octanol–water partition coefficient (Wildman–Crippen LogP) is 3.67. The van der Waals surface area contributed by atoms with E-state index in [4.69, 9.17) is 10.7 Å². The molecular weight excluding hydrogens is 388 g/mol. The van der Waals surface area contributed by atoms with Crippen molar-refractivity contribution in [1.29, 1.82) is 0 Å². The Morgan fingerprint density at radius 1 is 1.03 bits per heavy atom. The highest BCUT2D eigenvalue weighted by atomic mass is 16.1. The number of nitrogens with two attached hydrogens (primary N) is 1. The van der Waals surface area contributed by atoms with Crippen LogP contribution in [0.2, 0.25) is 0 Å². The fourth-order valence-electron chi connectivity index (χ4n) is 4.24. The predicted molar refractivity (Wildman–Crippen MR) is 121 cm³/mol. The number of benzene rings is 1.